The van der Waals surface area contributed by atoms with Gasteiger partial charge in [-0.3, -0.25) is 4.79 Å². The Morgan fingerprint density at radius 1 is 1.53 bits per heavy atom. The highest BCUT2D eigenvalue weighted by Gasteiger charge is 2.08. The van der Waals surface area contributed by atoms with E-state index < -0.39 is 0 Å². The molecule has 0 aliphatic carbocycles. The van der Waals surface area contributed by atoms with Gasteiger partial charge in [-0.05, 0) is 17.7 Å². The van der Waals surface area contributed by atoms with Crippen molar-refractivity contribution < 1.29 is 4.74 Å². The predicted molar refractivity (Wildman–Crippen MR) is 69.9 cm³/mol. The maximum Gasteiger partial charge on any atom is 0.295 e. The van der Waals surface area contributed by atoms with Gasteiger partial charge in [0.05, 0.1) is 25.1 Å². The molecule has 0 amide bonds. The van der Waals surface area contributed by atoms with Gasteiger partial charge < -0.3 is 15.0 Å². The minimum atomic E-state index is -0.342. The Balaban J connectivity index is 2.17. The van der Waals surface area contributed by atoms with Gasteiger partial charge in [0, 0.05) is 6.54 Å². The number of aromatic amines is 1. The molecule has 2 aromatic rings. The summed E-state index contributed by atoms with van der Waals surface area (Å²) in [7, 11) is 1.41. The summed E-state index contributed by atoms with van der Waals surface area (Å²) in [6.07, 6.45) is 1.30. The number of anilines is 1. The van der Waals surface area contributed by atoms with Gasteiger partial charge in [0.1, 0.15) is 0 Å². The van der Waals surface area contributed by atoms with E-state index in [-0.39, 0.29) is 11.3 Å². The maximum atomic E-state index is 11.5. The van der Waals surface area contributed by atoms with Gasteiger partial charge in [0.15, 0.2) is 5.82 Å². The second-order valence-electron chi connectivity index (χ2n) is 3.78. The van der Waals surface area contributed by atoms with E-state index in [1.54, 1.807) is 18.2 Å². The molecule has 0 spiro atoms. The van der Waals surface area contributed by atoms with Gasteiger partial charge in [-0.15, -0.1) is 0 Å². The number of hydrogen-bond acceptors (Lipinski definition) is 5. The molecule has 2 rings (SSSR count). The monoisotopic (exact) mass is 256 g/mol. The van der Waals surface area contributed by atoms with Crippen LogP contribution >= 0.6 is 0 Å². The van der Waals surface area contributed by atoms with Crippen molar-refractivity contribution in [2.45, 2.75) is 6.54 Å². The Morgan fingerprint density at radius 2 is 2.37 bits per heavy atom. The SMILES string of the molecule is COc1c(NCc2cccc(C#N)c2)nc[nH]c1=O. The first-order chi connectivity index (χ1) is 9.24. The van der Waals surface area contributed by atoms with Crippen molar-refractivity contribution in [1.82, 2.24) is 9.97 Å². The minimum Gasteiger partial charge on any atom is -0.489 e. The van der Waals surface area contributed by atoms with Crippen molar-refractivity contribution in [3.05, 3.63) is 52.1 Å². The van der Waals surface area contributed by atoms with E-state index in [2.05, 4.69) is 21.4 Å². The highest BCUT2D eigenvalue weighted by atomic mass is 16.5. The van der Waals surface area contributed by atoms with E-state index in [9.17, 15) is 4.79 Å². The average Bonchev–Trinajstić information content (AvgIpc) is 2.45. The smallest absolute Gasteiger partial charge is 0.295 e. The number of methoxy groups -OCH3 is 1. The van der Waals surface area contributed by atoms with Crippen molar-refractivity contribution >= 4 is 5.82 Å². The number of aromatic nitrogens is 2. The molecule has 6 nitrogen and oxygen atoms in total. The molecule has 1 aromatic carbocycles. The predicted octanol–water partition coefficient (Wildman–Crippen LogP) is 1.26. The topological polar surface area (TPSA) is 90.8 Å². The summed E-state index contributed by atoms with van der Waals surface area (Å²) in [5.41, 5.74) is 1.17. The first kappa shape index (κ1) is 12.6. The number of ether oxygens (including phenoxy) is 1. The third-order valence-corrected chi connectivity index (χ3v) is 2.53. The Morgan fingerprint density at radius 3 is 3.11 bits per heavy atom. The van der Waals surface area contributed by atoms with Crippen molar-refractivity contribution in [2.75, 3.05) is 12.4 Å². The fraction of sp³-hybridized carbons (Fsp3) is 0.154. The van der Waals surface area contributed by atoms with Gasteiger partial charge in [0.2, 0.25) is 5.75 Å². The second kappa shape index (κ2) is 5.69. The number of hydrogen-bond donors (Lipinski definition) is 2. The Kier molecular flexibility index (Phi) is 3.78. The van der Waals surface area contributed by atoms with Crippen LogP contribution in [0.5, 0.6) is 5.75 Å². The third kappa shape index (κ3) is 2.90. The maximum absolute atomic E-state index is 11.5. The molecule has 1 heterocycles. The minimum absolute atomic E-state index is 0.138. The van der Waals surface area contributed by atoms with E-state index in [1.165, 1.54) is 13.4 Å². The summed E-state index contributed by atoms with van der Waals surface area (Å²) in [6, 6.07) is 9.26. The number of nitrogens with zero attached hydrogens (tertiary/aromatic N) is 2. The standard InChI is InChI=1S/C13H12N4O2/c1-19-11-12(16-8-17-13(11)18)15-7-10-4-2-3-9(5-10)6-14/h2-5,8H,7H2,1H3,(H2,15,16,17,18). The van der Waals surface area contributed by atoms with Crippen LogP contribution in [0.2, 0.25) is 0 Å². The molecule has 0 unspecified atom stereocenters. The highest BCUT2D eigenvalue weighted by Crippen LogP contribution is 2.15. The molecule has 0 aliphatic heterocycles. The van der Waals surface area contributed by atoms with Crippen molar-refractivity contribution in [1.29, 1.82) is 5.26 Å². The van der Waals surface area contributed by atoms with E-state index >= 15 is 0 Å². The summed E-state index contributed by atoms with van der Waals surface area (Å²) in [6.45, 7) is 0.447. The third-order valence-electron chi connectivity index (χ3n) is 2.53. The van der Waals surface area contributed by atoms with Crippen molar-refractivity contribution in [2.24, 2.45) is 0 Å². The fourth-order valence-electron chi connectivity index (χ4n) is 1.64. The summed E-state index contributed by atoms with van der Waals surface area (Å²) in [5.74, 6) is 0.507. The van der Waals surface area contributed by atoms with Crippen LogP contribution in [0.25, 0.3) is 0 Å². The molecule has 1 aromatic heterocycles. The molecule has 0 fully saturated rings. The number of rotatable bonds is 4. The van der Waals surface area contributed by atoms with Gasteiger partial charge in [-0.25, -0.2) is 4.98 Å². The normalized spacial score (nSPS) is 9.68. The molecule has 2 N–H and O–H groups in total. The molecule has 0 atom stereocenters. The van der Waals surface area contributed by atoms with Gasteiger partial charge in [-0.1, -0.05) is 12.1 Å². The summed E-state index contributed by atoms with van der Waals surface area (Å²) in [5, 5.41) is 11.8. The first-order valence-corrected chi connectivity index (χ1v) is 5.59. The summed E-state index contributed by atoms with van der Waals surface area (Å²) >= 11 is 0. The Labute approximate surface area is 109 Å². The largest absolute Gasteiger partial charge is 0.489 e. The number of H-pyrrole nitrogens is 1. The molecule has 19 heavy (non-hydrogen) atoms. The first-order valence-electron chi connectivity index (χ1n) is 5.59. The van der Waals surface area contributed by atoms with Crippen molar-refractivity contribution in [3.8, 4) is 11.8 Å². The van der Waals surface area contributed by atoms with E-state index in [4.69, 9.17) is 10.00 Å². The zero-order valence-electron chi connectivity index (χ0n) is 10.3. The van der Waals surface area contributed by atoms with E-state index in [0.717, 1.165) is 5.56 Å². The molecule has 0 saturated carbocycles. The molecule has 0 radical (unpaired) electrons. The van der Waals surface area contributed by atoms with Crippen LogP contribution in [0.1, 0.15) is 11.1 Å². The lowest BCUT2D eigenvalue weighted by molar-refractivity contribution is 0.408. The van der Waals surface area contributed by atoms with Gasteiger partial charge in [-0.2, -0.15) is 5.26 Å². The zero-order chi connectivity index (χ0) is 13.7. The van der Waals surface area contributed by atoms with Gasteiger partial charge in [0.25, 0.3) is 5.56 Å². The fourth-order valence-corrected chi connectivity index (χ4v) is 1.64. The molecule has 0 aliphatic rings. The highest BCUT2D eigenvalue weighted by molar-refractivity contribution is 5.48. The van der Waals surface area contributed by atoms with Crippen LogP contribution < -0.4 is 15.6 Å². The summed E-state index contributed by atoms with van der Waals surface area (Å²) in [4.78, 5) is 17.9. The molecule has 0 bridgehead atoms. The average molecular weight is 256 g/mol. The van der Waals surface area contributed by atoms with Gasteiger partial charge >= 0.3 is 0 Å². The molecular formula is C13H12N4O2. The number of nitrogens with one attached hydrogen (secondary N) is 2. The van der Waals surface area contributed by atoms with E-state index in [0.29, 0.717) is 17.9 Å². The van der Waals surface area contributed by atoms with Crippen LogP contribution in [-0.4, -0.2) is 17.1 Å². The lowest BCUT2D eigenvalue weighted by Gasteiger charge is -2.08. The molecular weight excluding hydrogens is 244 g/mol. The number of nitriles is 1. The number of benzene rings is 1. The lowest BCUT2D eigenvalue weighted by Crippen LogP contribution is -2.14. The van der Waals surface area contributed by atoms with Crippen molar-refractivity contribution in [3.63, 3.8) is 0 Å². The van der Waals surface area contributed by atoms with Crippen LogP contribution in [0.4, 0.5) is 5.82 Å². The quantitative estimate of drug-likeness (QED) is 0.859. The van der Waals surface area contributed by atoms with Crippen LogP contribution in [-0.2, 0) is 6.54 Å². The molecule has 96 valence electrons. The Hall–Kier alpha value is -2.81. The lowest BCUT2D eigenvalue weighted by atomic mass is 10.1. The zero-order valence-corrected chi connectivity index (χ0v) is 10.3. The van der Waals surface area contributed by atoms with Crippen LogP contribution in [0, 0.1) is 11.3 Å². The molecule has 6 heteroatoms. The van der Waals surface area contributed by atoms with Crippen LogP contribution in [0.3, 0.4) is 0 Å². The Bertz CT molecular complexity index is 673. The second-order valence-corrected chi connectivity index (χ2v) is 3.78. The molecule has 0 saturated heterocycles. The van der Waals surface area contributed by atoms with E-state index in [1.807, 2.05) is 6.07 Å². The summed E-state index contributed by atoms with van der Waals surface area (Å²) < 4.78 is 4.99. The van der Waals surface area contributed by atoms with Crippen LogP contribution in [0.15, 0.2) is 35.4 Å².